The molecule has 2 aromatic rings. The van der Waals surface area contributed by atoms with E-state index in [9.17, 15) is 4.79 Å². The molecule has 21 heavy (non-hydrogen) atoms. The third-order valence-corrected chi connectivity index (χ3v) is 2.76. The zero-order chi connectivity index (χ0) is 14.6. The molecule has 0 fully saturated rings. The average molecular weight is 315 g/mol. The molecule has 2 rings (SSSR count). The molecule has 1 amide bonds. The summed E-state index contributed by atoms with van der Waals surface area (Å²) in [5.74, 6) is 1.22. The number of hydrogen-bond acceptors (Lipinski definition) is 6. The number of nitrogens with two attached hydrogens (primary N) is 1. The van der Waals surface area contributed by atoms with Gasteiger partial charge >= 0.3 is 0 Å². The fourth-order valence-corrected chi connectivity index (χ4v) is 1.57. The lowest BCUT2D eigenvalue weighted by Crippen LogP contribution is -2.48. The van der Waals surface area contributed by atoms with Gasteiger partial charge in [0.05, 0.1) is 6.26 Å². The Bertz CT molecular complexity index is 566. The van der Waals surface area contributed by atoms with Crippen molar-refractivity contribution in [1.82, 2.24) is 15.5 Å². The predicted molar refractivity (Wildman–Crippen MR) is 78.8 cm³/mol. The molecule has 0 unspecified atom stereocenters. The Balaban J connectivity index is 0.00000220. The first-order valence-corrected chi connectivity index (χ1v) is 6.38. The Hall–Kier alpha value is -1.86. The number of amides is 1. The lowest BCUT2D eigenvalue weighted by atomic mass is 10.1. The molecule has 0 atom stereocenters. The molecule has 0 aliphatic rings. The van der Waals surface area contributed by atoms with Gasteiger partial charge in [0.2, 0.25) is 17.6 Å². The molecule has 0 aromatic carbocycles. The maximum Gasteiger partial charge on any atom is 0.238 e. The molecule has 0 bridgehead atoms. The highest BCUT2D eigenvalue weighted by atomic mass is 35.5. The van der Waals surface area contributed by atoms with Gasteiger partial charge in [0.1, 0.15) is 0 Å². The van der Waals surface area contributed by atoms with Gasteiger partial charge in [0, 0.05) is 24.9 Å². The number of aromatic nitrogens is 2. The van der Waals surface area contributed by atoms with Gasteiger partial charge in [0.25, 0.3) is 0 Å². The second-order valence-corrected chi connectivity index (χ2v) is 5.13. The van der Waals surface area contributed by atoms with Gasteiger partial charge in [0.15, 0.2) is 5.76 Å². The van der Waals surface area contributed by atoms with E-state index in [0.717, 1.165) is 0 Å². The van der Waals surface area contributed by atoms with Crippen LogP contribution in [0.4, 0.5) is 0 Å². The molecule has 0 radical (unpaired) electrons. The van der Waals surface area contributed by atoms with Gasteiger partial charge < -0.3 is 20.0 Å². The van der Waals surface area contributed by atoms with Crippen molar-refractivity contribution in [2.75, 3.05) is 6.54 Å². The minimum absolute atomic E-state index is 0. The first kappa shape index (κ1) is 17.2. The number of aryl methyl sites for hydroxylation is 1. The summed E-state index contributed by atoms with van der Waals surface area (Å²) in [7, 11) is 0. The second-order valence-electron chi connectivity index (χ2n) is 5.13. The highest BCUT2D eigenvalue weighted by Gasteiger charge is 2.19. The van der Waals surface area contributed by atoms with E-state index in [1.54, 1.807) is 12.1 Å². The Morgan fingerprint density at radius 2 is 2.24 bits per heavy atom. The smallest absolute Gasteiger partial charge is 0.238 e. The summed E-state index contributed by atoms with van der Waals surface area (Å²) in [5, 5.41) is 6.63. The summed E-state index contributed by atoms with van der Waals surface area (Å²) in [6.45, 7) is 4.11. The highest BCUT2D eigenvalue weighted by molar-refractivity contribution is 5.85. The molecule has 3 N–H and O–H groups in total. The van der Waals surface area contributed by atoms with Crippen LogP contribution >= 0.6 is 12.4 Å². The molecule has 0 saturated heterocycles. The zero-order valence-electron chi connectivity index (χ0n) is 12.0. The molecule has 116 valence electrons. The minimum atomic E-state index is -0.411. The number of nitrogens with one attached hydrogen (secondary N) is 1. The van der Waals surface area contributed by atoms with Crippen molar-refractivity contribution in [3.8, 4) is 11.6 Å². The van der Waals surface area contributed by atoms with E-state index in [0.29, 0.717) is 30.4 Å². The number of carbonyl (C=O) groups excluding carboxylic acids is 1. The number of nitrogens with zero attached hydrogens (tertiary/aromatic N) is 2. The van der Waals surface area contributed by atoms with Crippen molar-refractivity contribution in [3.63, 3.8) is 0 Å². The summed E-state index contributed by atoms with van der Waals surface area (Å²) in [6.07, 6.45) is 2.18. The Kier molecular flexibility index (Phi) is 5.92. The Labute approximate surface area is 128 Å². The number of furan rings is 1. The average Bonchev–Trinajstić information content (AvgIpc) is 3.06. The largest absolute Gasteiger partial charge is 0.461 e. The van der Waals surface area contributed by atoms with E-state index in [2.05, 4.69) is 15.5 Å². The fraction of sp³-hybridized carbons (Fsp3) is 0.462. The number of hydrogen-bond donors (Lipinski definition) is 2. The minimum Gasteiger partial charge on any atom is -0.461 e. The van der Waals surface area contributed by atoms with Crippen LogP contribution in [0.5, 0.6) is 0 Å². The van der Waals surface area contributed by atoms with Crippen LogP contribution in [0.2, 0.25) is 0 Å². The predicted octanol–water partition coefficient (Wildman–Crippen LogP) is 1.54. The Morgan fingerprint density at radius 1 is 1.48 bits per heavy atom. The molecule has 0 spiro atoms. The number of rotatable bonds is 6. The summed E-state index contributed by atoms with van der Waals surface area (Å²) in [6, 6.07) is 3.48. The molecular formula is C13H19ClN4O3. The normalized spacial score (nSPS) is 11.0. The number of carbonyl (C=O) groups is 1. The van der Waals surface area contributed by atoms with Crippen molar-refractivity contribution in [1.29, 1.82) is 0 Å². The van der Waals surface area contributed by atoms with Crippen LogP contribution in [0.1, 0.15) is 26.2 Å². The molecule has 2 aromatic heterocycles. The van der Waals surface area contributed by atoms with Crippen molar-refractivity contribution in [2.45, 2.75) is 32.2 Å². The van der Waals surface area contributed by atoms with Crippen LogP contribution in [0, 0.1) is 0 Å². The van der Waals surface area contributed by atoms with Crippen LogP contribution in [0.15, 0.2) is 27.3 Å². The van der Waals surface area contributed by atoms with Crippen LogP contribution in [-0.2, 0) is 11.2 Å². The van der Waals surface area contributed by atoms with Crippen molar-refractivity contribution in [2.24, 2.45) is 5.73 Å². The van der Waals surface area contributed by atoms with Crippen molar-refractivity contribution < 1.29 is 13.7 Å². The zero-order valence-corrected chi connectivity index (χ0v) is 12.8. The molecule has 7 nitrogen and oxygen atoms in total. The third-order valence-electron chi connectivity index (χ3n) is 2.76. The topological polar surface area (TPSA) is 107 Å². The van der Waals surface area contributed by atoms with E-state index >= 15 is 0 Å². The summed E-state index contributed by atoms with van der Waals surface area (Å²) < 4.78 is 10.2. The van der Waals surface area contributed by atoms with Crippen LogP contribution in [0.3, 0.4) is 0 Å². The van der Waals surface area contributed by atoms with Crippen LogP contribution in [-0.4, -0.2) is 28.1 Å². The van der Waals surface area contributed by atoms with Gasteiger partial charge in [-0.25, -0.2) is 0 Å². The van der Waals surface area contributed by atoms with E-state index in [-0.39, 0.29) is 24.7 Å². The monoisotopic (exact) mass is 314 g/mol. The first-order chi connectivity index (χ1) is 9.50. The maximum atomic E-state index is 11.8. The van der Waals surface area contributed by atoms with E-state index in [1.165, 1.54) is 6.26 Å². The van der Waals surface area contributed by atoms with Crippen molar-refractivity contribution >= 4 is 18.3 Å². The maximum absolute atomic E-state index is 11.8. The van der Waals surface area contributed by atoms with Crippen molar-refractivity contribution in [3.05, 3.63) is 24.3 Å². The van der Waals surface area contributed by atoms with Gasteiger partial charge in [-0.2, -0.15) is 4.98 Å². The van der Waals surface area contributed by atoms with Crippen LogP contribution in [0.25, 0.3) is 11.6 Å². The molecule has 0 aliphatic carbocycles. The summed E-state index contributed by atoms with van der Waals surface area (Å²) in [4.78, 5) is 15.9. The van der Waals surface area contributed by atoms with E-state index in [1.807, 2.05) is 13.8 Å². The number of halogens is 1. The lowest BCUT2D eigenvalue weighted by Gasteiger charge is -2.23. The van der Waals surface area contributed by atoms with Crippen LogP contribution < -0.4 is 11.1 Å². The van der Waals surface area contributed by atoms with Gasteiger partial charge in [-0.05, 0) is 26.0 Å². The standard InChI is InChI=1S/C13H18N4O3.ClH/c1-13(2,8-14)16-10(18)5-6-11-15-12(17-20-11)9-4-3-7-19-9;/h3-4,7H,5-6,8,14H2,1-2H3,(H,16,18);1H. The molecule has 8 heteroatoms. The van der Waals surface area contributed by atoms with E-state index in [4.69, 9.17) is 14.7 Å². The van der Waals surface area contributed by atoms with Gasteiger partial charge in [-0.3, -0.25) is 4.79 Å². The fourth-order valence-electron chi connectivity index (χ4n) is 1.57. The van der Waals surface area contributed by atoms with Gasteiger partial charge in [-0.1, -0.05) is 5.16 Å². The molecule has 0 aliphatic heterocycles. The third kappa shape index (κ3) is 4.87. The quantitative estimate of drug-likeness (QED) is 0.837. The molecular weight excluding hydrogens is 296 g/mol. The Morgan fingerprint density at radius 3 is 2.86 bits per heavy atom. The molecule has 2 heterocycles. The summed E-state index contributed by atoms with van der Waals surface area (Å²) >= 11 is 0. The molecule has 0 saturated carbocycles. The SMILES string of the molecule is CC(C)(CN)NC(=O)CCc1nc(-c2ccco2)no1.Cl. The first-order valence-electron chi connectivity index (χ1n) is 6.38. The lowest BCUT2D eigenvalue weighted by molar-refractivity contribution is -0.122. The van der Waals surface area contributed by atoms with Gasteiger partial charge in [-0.15, -0.1) is 12.4 Å². The second kappa shape index (κ2) is 7.24. The highest BCUT2D eigenvalue weighted by Crippen LogP contribution is 2.16. The van der Waals surface area contributed by atoms with E-state index < -0.39 is 5.54 Å². The summed E-state index contributed by atoms with van der Waals surface area (Å²) in [5.41, 5.74) is 5.14.